The molecule has 134 valence electrons. The zero-order valence-corrected chi connectivity index (χ0v) is 15.6. The van der Waals surface area contributed by atoms with E-state index < -0.39 is 17.4 Å². The molecule has 24 heavy (non-hydrogen) atoms. The second-order valence-electron chi connectivity index (χ2n) is 7.60. The van der Waals surface area contributed by atoms with Gasteiger partial charge in [-0.2, -0.15) is 0 Å². The molecule has 0 aliphatic heterocycles. The molecular weight excluding hydrogens is 308 g/mol. The van der Waals surface area contributed by atoms with E-state index in [1.165, 1.54) is 14.2 Å². The Kier molecular flexibility index (Phi) is 6.23. The largest absolute Gasteiger partial charge is 0.497 e. The van der Waals surface area contributed by atoms with E-state index in [1.807, 2.05) is 13.8 Å². The summed E-state index contributed by atoms with van der Waals surface area (Å²) in [6.45, 7) is 10.1. The quantitative estimate of drug-likeness (QED) is 0.811. The lowest BCUT2D eigenvalue weighted by molar-refractivity contribution is -0.137. The zero-order chi connectivity index (χ0) is 18.5. The highest BCUT2D eigenvalue weighted by molar-refractivity contribution is 6.40. The minimum Gasteiger partial charge on any atom is -0.497 e. The molecule has 2 amide bonds. The van der Waals surface area contributed by atoms with Crippen LogP contribution in [0.5, 0.6) is 11.5 Å². The van der Waals surface area contributed by atoms with Gasteiger partial charge in [-0.25, -0.2) is 0 Å². The number of hydrogen-bond donors (Lipinski definition) is 2. The number of methoxy groups -OCH3 is 2. The zero-order valence-electron chi connectivity index (χ0n) is 15.6. The molecule has 2 N–H and O–H groups in total. The van der Waals surface area contributed by atoms with Gasteiger partial charge in [-0.15, -0.1) is 0 Å². The third kappa shape index (κ3) is 6.10. The minimum atomic E-state index is -0.747. The Bertz CT molecular complexity index is 604. The standard InChI is InChI=1S/C18H28N2O4/c1-17(2,3)11-18(4,5)20-16(22)15(21)19-13-10-12(23-6)8-9-14(13)24-7/h8-10H,11H2,1-7H3,(H,19,21)(H,20,22). The summed E-state index contributed by atoms with van der Waals surface area (Å²) in [6, 6.07) is 4.97. The van der Waals surface area contributed by atoms with E-state index in [-0.39, 0.29) is 5.41 Å². The second-order valence-corrected chi connectivity index (χ2v) is 7.60. The van der Waals surface area contributed by atoms with E-state index >= 15 is 0 Å². The Morgan fingerprint density at radius 3 is 2.12 bits per heavy atom. The molecule has 0 radical (unpaired) electrons. The molecule has 1 aromatic carbocycles. The van der Waals surface area contributed by atoms with Gasteiger partial charge in [0.2, 0.25) is 0 Å². The minimum absolute atomic E-state index is 0.0310. The van der Waals surface area contributed by atoms with Gasteiger partial charge in [-0.3, -0.25) is 9.59 Å². The maximum Gasteiger partial charge on any atom is 0.313 e. The predicted molar refractivity (Wildman–Crippen MR) is 94.5 cm³/mol. The molecule has 0 saturated heterocycles. The lowest BCUT2D eigenvalue weighted by Crippen LogP contribution is -2.49. The summed E-state index contributed by atoms with van der Waals surface area (Å²) in [6.07, 6.45) is 0.738. The molecule has 0 aliphatic rings. The van der Waals surface area contributed by atoms with Crippen LogP contribution in [0.2, 0.25) is 0 Å². The lowest BCUT2D eigenvalue weighted by Gasteiger charge is -2.33. The van der Waals surface area contributed by atoms with Gasteiger partial charge in [0.25, 0.3) is 0 Å². The number of carbonyl (C=O) groups excluding carboxylic acids is 2. The maximum atomic E-state index is 12.2. The number of nitrogens with one attached hydrogen (secondary N) is 2. The number of amides is 2. The molecule has 0 aromatic heterocycles. The lowest BCUT2D eigenvalue weighted by atomic mass is 9.82. The van der Waals surface area contributed by atoms with Gasteiger partial charge in [0.05, 0.1) is 19.9 Å². The Morgan fingerprint density at radius 1 is 1.00 bits per heavy atom. The summed E-state index contributed by atoms with van der Waals surface area (Å²) >= 11 is 0. The number of benzene rings is 1. The van der Waals surface area contributed by atoms with Crippen molar-refractivity contribution in [3.8, 4) is 11.5 Å². The normalized spacial score (nSPS) is 11.6. The monoisotopic (exact) mass is 336 g/mol. The van der Waals surface area contributed by atoms with Crippen molar-refractivity contribution in [2.24, 2.45) is 5.41 Å². The third-order valence-corrected chi connectivity index (χ3v) is 3.29. The number of ether oxygens (including phenoxy) is 2. The molecule has 1 aromatic rings. The Labute approximate surface area is 143 Å². The van der Waals surface area contributed by atoms with Gasteiger partial charge >= 0.3 is 11.8 Å². The van der Waals surface area contributed by atoms with Crippen LogP contribution in [0.25, 0.3) is 0 Å². The molecule has 0 bridgehead atoms. The van der Waals surface area contributed by atoms with E-state index in [9.17, 15) is 9.59 Å². The SMILES string of the molecule is COc1ccc(OC)c(NC(=O)C(=O)NC(C)(C)CC(C)(C)C)c1. The molecule has 0 aliphatic carbocycles. The average Bonchev–Trinajstić information content (AvgIpc) is 2.43. The van der Waals surface area contributed by atoms with Crippen molar-refractivity contribution in [1.82, 2.24) is 5.32 Å². The van der Waals surface area contributed by atoms with Crippen molar-refractivity contribution in [3.05, 3.63) is 18.2 Å². The molecular formula is C18H28N2O4. The first-order valence-corrected chi connectivity index (χ1v) is 7.83. The predicted octanol–water partition coefficient (Wildman–Crippen LogP) is 2.97. The van der Waals surface area contributed by atoms with Crippen LogP contribution in [0, 0.1) is 5.41 Å². The van der Waals surface area contributed by atoms with Crippen LogP contribution < -0.4 is 20.1 Å². The highest BCUT2D eigenvalue weighted by Gasteiger charge is 2.29. The summed E-state index contributed by atoms with van der Waals surface area (Å²) in [5, 5.41) is 5.34. The fourth-order valence-electron chi connectivity index (χ4n) is 2.82. The van der Waals surface area contributed by atoms with Crippen molar-refractivity contribution >= 4 is 17.5 Å². The van der Waals surface area contributed by atoms with Gasteiger partial charge in [0.1, 0.15) is 11.5 Å². The molecule has 0 saturated carbocycles. The first kappa shape index (κ1) is 19.8. The highest BCUT2D eigenvalue weighted by Crippen LogP contribution is 2.29. The second kappa shape index (κ2) is 7.55. The van der Waals surface area contributed by atoms with E-state index in [1.54, 1.807) is 18.2 Å². The molecule has 1 rings (SSSR count). The Balaban J connectivity index is 2.83. The van der Waals surface area contributed by atoms with Crippen molar-refractivity contribution in [2.45, 2.75) is 46.6 Å². The maximum absolute atomic E-state index is 12.2. The molecule has 0 fully saturated rings. The van der Waals surface area contributed by atoms with Crippen molar-refractivity contribution in [1.29, 1.82) is 0 Å². The van der Waals surface area contributed by atoms with Crippen LogP contribution in [-0.4, -0.2) is 31.6 Å². The third-order valence-electron chi connectivity index (χ3n) is 3.29. The van der Waals surface area contributed by atoms with Gasteiger partial charge in [0, 0.05) is 11.6 Å². The summed E-state index contributed by atoms with van der Waals surface area (Å²) in [5.74, 6) is -0.428. The first-order chi connectivity index (χ1) is 11.0. The van der Waals surface area contributed by atoms with Crippen molar-refractivity contribution in [3.63, 3.8) is 0 Å². The highest BCUT2D eigenvalue weighted by atomic mass is 16.5. The van der Waals surface area contributed by atoms with Crippen LogP contribution in [0.15, 0.2) is 18.2 Å². The number of anilines is 1. The van der Waals surface area contributed by atoms with Crippen LogP contribution >= 0.6 is 0 Å². The van der Waals surface area contributed by atoms with Crippen molar-refractivity contribution < 1.29 is 19.1 Å². The van der Waals surface area contributed by atoms with Crippen LogP contribution in [0.1, 0.15) is 41.0 Å². The van der Waals surface area contributed by atoms with E-state index in [0.717, 1.165) is 6.42 Å². The van der Waals surface area contributed by atoms with Crippen LogP contribution in [0.3, 0.4) is 0 Å². The van der Waals surface area contributed by atoms with Gasteiger partial charge in [0.15, 0.2) is 0 Å². The van der Waals surface area contributed by atoms with Gasteiger partial charge in [-0.1, -0.05) is 20.8 Å². The number of hydrogen-bond acceptors (Lipinski definition) is 4. The summed E-state index contributed by atoms with van der Waals surface area (Å²) in [7, 11) is 3.01. The van der Waals surface area contributed by atoms with Crippen LogP contribution in [0.4, 0.5) is 5.69 Å². The molecule has 6 nitrogen and oxygen atoms in total. The fraction of sp³-hybridized carbons (Fsp3) is 0.556. The summed E-state index contributed by atoms with van der Waals surface area (Å²) in [5.41, 5.74) is -0.0837. The summed E-state index contributed by atoms with van der Waals surface area (Å²) in [4.78, 5) is 24.4. The number of rotatable bonds is 5. The Hall–Kier alpha value is -2.24. The smallest absolute Gasteiger partial charge is 0.313 e. The van der Waals surface area contributed by atoms with Crippen LogP contribution in [-0.2, 0) is 9.59 Å². The van der Waals surface area contributed by atoms with E-state index in [4.69, 9.17) is 9.47 Å². The Morgan fingerprint density at radius 2 is 1.62 bits per heavy atom. The molecule has 0 unspecified atom stereocenters. The van der Waals surface area contributed by atoms with E-state index in [2.05, 4.69) is 31.4 Å². The summed E-state index contributed by atoms with van der Waals surface area (Å²) < 4.78 is 10.3. The van der Waals surface area contributed by atoms with Gasteiger partial charge < -0.3 is 20.1 Å². The average molecular weight is 336 g/mol. The molecule has 0 spiro atoms. The first-order valence-electron chi connectivity index (χ1n) is 7.83. The van der Waals surface area contributed by atoms with E-state index in [0.29, 0.717) is 17.2 Å². The fourth-order valence-corrected chi connectivity index (χ4v) is 2.82. The molecule has 6 heteroatoms. The molecule has 0 atom stereocenters. The van der Waals surface area contributed by atoms with Gasteiger partial charge in [-0.05, 0) is 37.8 Å². The van der Waals surface area contributed by atoms with Crippen molar-refractivity contribution in [2.75, 3.05) is 19.5 Å². The molecule has 0 heterocycles. The topological polar surface area (TPSA) is 76.7 Å². The number of carbonyl (C=O) groups is 2.